The van der Waals surface area contributed by atoms with Crippen molar-refractivity contribution in [1.29, 1.82) is 0 Å². The van der Waals surface area contributed by atoms with E-state index in [1.165, 1.54) is 48.5 Å². The maximum atomic E-state index is 13.7. The molecule has 2 heterocycles. The van der Waals surface area contributed by atoms with Gasteiger partial charge in [-0.1, -0.05) is 84.9 Å². The number of alkyl carbamates (subject to hydrolysis) is 1. The Morgan fingerprint density at radius 2 is 1.39 bits per heavy atom. The number of halogens is 2. The van der Waals surface area contributed by atoms with E-state index in [0.29, 0.717) is 65.0 Å². The van der Waals surface area contributed by atoms with Gasteiger partial charge >= 0.3 is 12.1 Å². The number of ether oxygens (including phenoxy) is 3. The van der Waals surface area contributed by atoms with Crippen LogP contribution in [0.15, 0.2) is 161 Å². The molecule has 1 atom stereocenters. The van der Waals surface area contributed by atoms with Gasteiger partial charge < -0.3 is 34.0 Å². The highest BCUT2D eigenvalue weighted by Crippen LogP contribution is 2.46. The number of nitrogens with one attached hydrogen (secondary N) is 2. The second-order valence-electron chi connectivity index (χ2n) is 16.4. The molecule has 7 aromatic carbocycles. The van der Waals surface area contributed by atoms with Crippen molar-refractivity contribution in [2.75, 3.05) is 18.1 Å². The molecule has 0 bridgehead atoms. The van der Waals surface area contributed by atoms with Crippen LogP contribution in [0.25, 0.3) is 32.9 Å². The Hall–Kier alpha value is -8.57. The van der Waals surface area contributed by atoms with Crippen LogP contribution < -0.4 is 24.4 Å². The second kappa shape index (κ2) is 22.0. The van der Waals surface area contributed by atoms with E-state index < -0.39 is 39.9 Å². The number of benzene rings is 7. The molecule has 0 aliphatic carbocycles. The summed E-state index contributed by atoms with van der Waals surface area (Å²) >= 11 is 0. The maximum absolute atomic E-state index is 13.7. The number of carbonyl (C=O) groups is 4. The van der Waals surface area contributed by atoms with Crippen molar-refractivity contribution in [3.8, 4) is 22.6 Å². The van der Waals surface area contributed by atoms with E-state index in [2.05, 4.69) is 10.0 Å². The fourth-order valence-electron chi connectivity index (χ4n) is 8.20. The minimum Gasteiger partial charge on any atom is -0.493 e. The Labute approximate surface area is 412 Å². The third-order valence-electron chi connectivity index (χ3n) is 11.5. The molecule has 368 valence electrons. The molecule has 0 fully saturated rings. The van der Waals surface area contributed by atoms with Crippen LogP contribution in [-0.2, 0) is 50.3 Å². The Balaban J connectivity index is 0.000000195. The zero-order valence-electron chi connectivity index (χ0n) is 38.9. The third-order valence-corrected chi connectivity index (χ3v) is 12.9. The topological polar surface area (TPSA) is 191 Å². The molecular weight excluding hydrogens is 949 g/mol. The molecule has 0 saturated heterocycles. The molecule has 17 heteroatoms. The number of carbonyl (C=O) groups excluding carboxylic acids is 3. The van der Waals surface area contributed by atoms with Crippen molar-refractivity contribution in [1.82, 2.24) is 10.0 Å². The van der Waals surface area contributed by atoms with Crippen LogP contribution in [0.3, 0.4) is 0 Å². The van der Waals surface area contributed by atoms with Gasteiger partial charge in [-0.25, -0.2) is 31.5 Å². The average molecular weight is 996 g/mol. The normalized spacial score (nSPS) is 12.4. The highest BCUT2D eigenvalue weighted by Gasteiger charge is 2.37. The molecule has 1 aliphatic heterocycles. The Morgan fingerprint density at radius 3 is 2.07 bits per heavy atom. The number of carboxylic acids is 1. The second-order valence-corrected chi connectivity index (χ2v) is 18.1. The van der Waals surface area contributed by atoms with Crippen LogP contribution in [0.4, 0.5) is 19.3 Å². The number of hydrogen-bond donors (Lipinski definition) is 3. The lowest BCUT2D eigenvalue weighted by molar-refractivity contribution is -0.139. The number of furan rings is 1. The van der Waals surface area contributed by atoms with E-state index in [1.54, 1.807) is 77.7 Å². The number of rotatable bonds is 16. The number of anilines is 1. The molecule has 14 nitrogen and oxygen atoms in total. The molecular formula is C55H47F2N3O11S. The lowest BCUT2D eigenvalue weighted by Gasteiger charge is -2.16. The number of amides is 3. The van der Waals surface area contributed by atoms with Crippen molar-refractivity contribution in [3.63, 3.8) is 0 Å². The quantitative estimate of drug-likeness (QED) is 0.0835. The number of aliphatic carboxylic acids is 1. The monoisotopic (exact) mass is 995 g/mol. The summed E-state index contributed by atoms with van der Waals surface area (Å²) < 4.78 is 76.3. The summed E-state index contributed by atoms with van der Waals surface area (Å²) in [5, 5.41) is 14.1. The van der Waals surface area contributed by atoms with Crippen LogP contribution in [-0.4, -0.2) is 56.7 Å². The largest absolute Gasteiger partial charge is 0.493 e. The van der Waals surface area contributed by atoms with Gasteiger partial charge in [-0.3, -0.25) is 9.59 Å². The number of sulfonamides is 1. The van der Waals surface area contributed by atoms with E-state index in [-0.39, 0.29) is 36.1 Å². The number of nitrogens with zero attached hydrogens (tertiary/aromatic N) is 1. The van der Waals surface area contributed by atoms with Gasteiger partial charge in [-0.15, -0.1) is 0 Å². The molecule has 3 amide bonds. The molecule has 3 N–H and O–H groups in total. The maximum Gasteiger partial charge on any atom is 0.408 e. The minimum atomic E-state index is -3.95. The van der Waals surface area contributed by atoms with Crippen molar-refractivity contribution >= 4 is 61.3 Å². The number of hydrogen-bond acceptors (Lipinski definition) is 10. The van der Waals surface area contributed by atoms with Crippen molar-refractivity contribution in [3.05, 3.63) is 191 Å². The third kappa shape index (κ3) is 11.5. The van der Waals surface area contributed by atoms with Gasteiger partial charge in [0.2, 0.25) is 5.91 Å². The molecule has 0 saturated carbocycles. The predicted octanol–water partition coefficient (Wildman–Crippen LogP) is 10.1. The van der Waals surface area contributed by atoms with Crippen LogP contribution in [0.1, 0.15) is 46.7 Å². The predicted molar refractivity (Wildman–Crippen MR) is 265 cm³/mol. The SMILES string of the molecule is CCOc1c2c(c(OCC)c3ccccc13)C(=O)N(c1ccc(CC(=O)NS(=O)(=O)c3ccccc3)cc1)C2.O=C(N[C@@H](Cc1ccc(F)cc1)C(=O)O)OCc1cc2cc(-c3cccc(F)c3)ccc2o1. The fraction of sp³-hybridized carbons (Fsp3) is 0.164. The zero-order valence-corrected chi connectivity index (χ0v) is 39.7. The number of fused-ring (bicyclic) bond motifs is 3. The summed E-state index contributed by atoms with van der Waals surface area (Å²) in [5.41, 5.74) is 5.16. The van der Waals surface area contributed by atoms with E-state index in [0.717, 1.165) is 32.8 Å². The highest BCUT2D eigenvalue weighted by molar-refractivity contribution is 7.90. The van der Waals surface area contributed by atoms with Gasteiger partial charge in [0.05, 0.1) is 36.6 Å². The van der Waals surface area contributed by atoms with Crippen LogP contribution in [0.2, 0.25) is 0 Å². The van der Waals surface area contributed by atoms with Crippen LogP contribution in [0, 0.1) is 11.6 Å². The molecule has 0 radical (unpaired) electrons. The molecule has 1 aliphatic rings. The first-order chi connectivity index (χ1) is 34.7. The molecule has 8 aromatic rings. The fourth-order valence-corrected chi connectivity index (χ4v) is 9.20. The molecule has 1 aromatic heterocycles. The first kappa shape index (κ1) is 49.8. The van der Waals surface area contributed by atoms with E-state index in [1.807, 2.05) is 44.2 Å². The Kier molecular flexibility index (Phi) is 15.2. The van der Waals surface area contributed by atoms with Gasteiger partial charge in [-0.05, 0) is 103 Å². The van der Waals surface area contributed by atoms with Crippen molar-refractivity contribution in [2.45, 2.75) is 50.8 Å². The summed E-state index contributed by atoms with van der Waals surface area (Å²) in [5.74, 6) is -1.27. The summed E-state index contributed by atoms with van der Waals surface area (Å²) in [4.78, 5) is 51.5. The standard InChI is InChI=1S/C30H28N2O6S.C25H19F2NO5/c1-3-37-28-23-12-8-9-13-24(23)29(38-4-2)27-25(28)19-32(30(27)34)21-16-14-20(15-17-21)18-26(33)31-39(35,36)22-10-6-5-7-11-22;26-19-7-4-15(5-8-19)10-22(24(29)30)28-25(31)32-14-21-13-18-11-17(6-9-23(18)33-21)16-2-1-3-20(27)12-16/h5-17H,3-4,18-19H2,1-2H3,(H,31,33);1-9,11-13,22H,10,14H2,(H,28,31)(H,29,30)/t;22-/m.0/s1. The van der Waals surface area contributed by atoms with Gasteiger partial charge in [0.25, 0.3) is 15.9 Å². The molecule has 9 rings (SSSR count). The summed E-state index contributed by atoms with van der Waals surface area (Å²) in [6, 6.07) is 39.8. The first-order valence-electron chi connectivity index (χ1n) is 22.7. The van der Waals surface area contributed by atoms with Gasteiger partial charge in [0, 0.05) is 33.8 Å². The van der Waals surface area contributed by atoms with Gasteiger partial charge in [0.15, 0.2) is 6.61 Å². The summed E-state index contributed by atoms with van der Waals surface area (Å²) in [6.45, 7) is 4.76. The lowest BCUT2D eigenvalue weighted by Crippen LogP contribution is -2.42. The van der Waals surface area contributed by atoms with Crippen molar-refractivity contribution < 1.29 is 60.1 Å². The average Bonchev–Trinajstić information content (AvgIpc) is 3.95. The van der Waals surface area contributed by atoms with Gasteiger partial charge in [-0.2, -0.15) is 0 Å². The van der Waals surface area contributed by atoms with Crippen LogP contribution >= 0.6 is 0 Å². The summed E-state index contributed by atoms with van der Waals surface area (Å²) in [6.07, 6.45) is -1.09. The Bertz CT molecular complexity index is 3400. The lowest BCUT2D eigenvalue weighted by atomic mass is 9.99. The van der Waals surface area contributed by atoms with E-state index >= 15 is 0 Å². The molecule has 0 spiro atoms. The first-order valence-corrected chi connectivity index (χ1v) is 24.2. The van der Waals surface area contributed by atoms with E-state index in [9.17, 15) is 41.5 Å². The van der Waals surface area contributed by atoms with Gasteiger partial charge in [0.1, 0.15) is 40.5 Å². The van der Waals surface area contributed by atoms with Crippen LogP contribution in [0.5, 0.6) is 11.5 Å². The zero-order chi connectivity index (χ0) is 50.9. The Morgan fingerprint density at radius 1 is 0.736 bits per heavy atom. The highest BCUT2D eigenvalue weighted by atomic mass is 32.2. The molecule has 0 unspecified atom stereocenters. The van der Waals surface area contributed by atoms with Crippen molar-refractivity contribution in [2.24, 2.45) is 0 Å². The summed E-state index contributed by atoms with van der Waals surface area (Å²) in [7, 11) is -3.95. The number of carboxylic acid groups (broad SMARTS) is 1. The molecule has 72 heavy (non-hydrogen) atoms. The smallest absolute Gasteiger partial charge is 0.408 e. The minimum absolute atomic E-state index is 0.0197. The van der Waals surface area contributed by atoms with E-state index in [4.69, 9.17) is 18.6 Å².